The van der Waals surface area contributed by atoms with Crippen LogP contribution in [-0.2, 0) is 21.5 Å². The van der Waals surface area contributed by atoms with Crippen LogP contribution >= 0.6 is 0 Å². The van der Waals surface area contributed by atoms with Crippen LogP contribution in [0.25, 0.3) is 0 Å². The van der Waals surface area contributed by atoms with Gasteiger partial charge in [-0.3, -0.25) is 10.1 Å². The van der Waals surface area contributed by atoms with E-state index in [0.717, 1.165) is 17.4 Å². The number of hydrogen-bond donors (Lipinski definition) is 2. The molecule has 3 amide bonds. The van der Waals surface area contributed by atoms with E-state index in [9.17, 15) is 14.4 Å². The fourth-order valence-electron chi connectivity index (χ4n) is 3.04. The Hall–Kier alpha value is -2.17. The van der Waals surface area contributed by atoms with Crippen LogP contribution < -0.4 is 10.6 Å². The predicted molar refractivity (Wildman–Crippen MR) is 62.7 cm³/mol. The van der Waals surface area contributed by atoms with Crippen molar-refractivity contribution >= 4 is 18.2 Å². The highest BCUT2D eigenvalue weighted by Crippen LogP contribution is 2.44. The first kappa shape index (κ1) is 11.0. The van der Waals surface area contributed by atoms with E-state index in [1.807, 2.05) is 24.3 Å². The van der Waals surface area contributed by atoms with E-state index in [1.54, 1.807) is 0 Å². The minimum absolute atomic E-state index is 0.209. The number of imide groups is 1. The van der Waals surface area contributed by atoms with Crippen LogP contribution in [0.3, 0.4) is 0 Å². The molecule has 1 saturated heterocycles. The number of benzene rings is 1. The van der Waals surface area contributed by atoms with Gasteiger partial charge in [-0.15, -0.1) is 0 Å². The van der Waals surface area contributed by atoms with Crippen LogP contribution in [-0.4, -0.2) is 18.2 Å². The average Bonchev–Trinajstić information content (AvgIpc) is 2.81. The van der Waals surface area contributed by atoms with Crippen molar-refractivity contribution in [2.45, 2.75) is 18.4 Å². The molecule has 5 heteroatoms. The van der Waals surface area contributed by atoms with E-state index in [0.29, 0.717) is 6.42 Å². The highest BCUT2D eigenvalue weighted by Gasteiger charge is 2.56. The SMILES string of the molecule is O=CCC1Cc2ccccc2C12NC(=O)NC2=O. The molecular weight excluding hydrogens is 232 g/mol. The third kappa shape index (κ3) is 1.24. The average molecular weight is 244 g/mol. The van der Waals surface area contributed by atoms with Crippen molar-refractivity contribution in [3.8, 4) is 0 Å². The maximum absolute atomic E-state index is 12.1. The monoisotopic (exact) mass is 244 g/mol. The Bertz CT molecular complexity index is 555. The molecule has 0 aromatic heterocycles. The van der Waals surface area contributed by atoms with E-state index in [4.69, 9.17) is 0 Å². The predicted octanol–water partition coefficient (Wildman–Crippen LogP) is 0.483. The third-order valence-electron chi connectivity index (χ3n) is 3.80. The van der Waals surface area contributed by atoms with Crippen LogP contribution in [0, 0.1) is 5.92 Å². The number of carbonyl (C=O) groups excluding carboxylic acids is 3. The minimum Gasteiger partial charge on any atom is -0.319 e. The van der Waals surface area contributed by atoms with Gasteiger partial charge in [-0.25, -0.2) is 4.79 Å². The molecule has 18 heavy (non-hydrogen) atoms. The lowest BCUT2D eigenvalue weighted by molar-refractivity contribution is -0.126. The van der Waals surface area contributed by atoms with Crippen LogP contribution in [0.5, 0.6) is 0 Å². The fourth-order valence-corrected chi connectivity index (χ4v) is 3.04. The number of carbonyl (C=O) groups is 3. The lowest BCUT2D eigenvalue weighted by Crippen LogP contribution is -2.47. The topological polar surface area (TPSA) is 75.3 Å². The molecule has 5 nitrogen and oxygen atoms in total. The molecule has 3 rings (SSSR count). The molecule has 2 atom stereocenters. The smallest absolute Gasteiger partial charge is 0.319 e. The van der Waals surface area contributed by atoms with E-state index in [-0.39, 0.29) is 18.2 Å². The highest BCUT2D eigenvalue weighted by atomic mass is 16.2. The summed E-state index contributed by atoms with van der Waals surface area (Å²) in [6.07, 6.45) is 1.68. The van der Waals surface area contributed by atoms with Crippen LogP contribution in [0.4, 0.5) is 4.79 Å². The molecule has 1 heterocycles. The Kier molecular flexibility index (Phi) is 2.23. The summed E-state index contributed by atoms with van der Waals surface area (Å²) in [6.45, 7) is 0. The van der Waals surface area contributed by atoms with Gasteiger partial charge in [-0.05, 0) is 17.5 Å². The summed E-state index contributed by atoms with van der Waals surface area (Å²) in [5, 5.41) is 4.99. The minimum atomic E-state index is -1.06. The molecule has 1 aromatic carbocycles. The van der Waals surface area contributed by atoms with E-state index in [1.165, 1.54) is 0 Å². The first-order valence-electron chi connectivity index (χ1n) is 5.84. The molecule has 0 saturated carbocycles. The van der Waals surface area contributed by atoms with E-state index >= 15 is 0 Å². The molecule has 0 radical (unpaired) electrons. The number of urea groups is 1. The van der Waals surface area contributed by atoms with Crippen molar-refractivity contribution in [2.24, 2.45) is 5.92 Å². The lowest BCUT2D eigenvalue weighted by Gasteiger charge is -2.27. The van der Waals surface area contributed by atoms with E-state index < -0.39 is 11.6 Å². The Labute approximate surface area is 104 Å². The number of hydrogen-bond acceptors (Lipinski definition) is 3. The molecule has 1 fully saturated rings. The summed E-state index contributed by atoms with van der Waals surface area (Å²) in [5.41, 5.74) is 0.760. The van der Waals surface area contributed by atoms with Gasteiger partial charge >= 0.3 is 6.03 Å². The quantitative estimate of drug-likeness (QED) is 0.587. The Balaban J connectivity index is 2.16. The van der Waals surface area contributed by atoms with Gasteiger partial charge in [0.2, 0.25) is 0 Å². The van der Waals surface area contributed by atoms with Gasteiger partial charge in [0.25, 0.3) is 5.91 Å². The summed E-state index contributed by atoms with van der Waals surface area (Å²) in [6, 6.07) is 7.00. The molecular formula is C13H12N2O3. The van der Waals surface area contributed by atoms with Crippen molar-refractivity contribution in [1.82, 2.24) is 10.6 Å². The van der Waals surface area contributed by atoms with Crippen molar-refractivity contribution in [3.05, 3.63) is 35.4 Å². The van der Waals surface area contributed by atoms with Crippen LogP contribution in [0.2, 0.25) is 0 Å². The molecule has 1 aliphatic carbocycles. The van der Waals surface area contributed by atoms with Gasteiger partial charge in [0.05, 0.1) is 0 Å². The number of fused-ring (bicyclic) bond motifs is 2. The standard InChI is InChI=1S/C13H12N2O3/c16-6-5-9-7-8-3-1-2-4-10(8)13(9)11(17)14-12(18)15-13/h1-4,6,9H,5,7H2,(H2,14,15,17,18). The molecule has 2 unspecified atom stereocenters. The number of aldehydes is 1. The molecule has 0 bridgehead atoms. The second-order valence-electron chi connectivity index (χ2n) is 4.68. The maximum atomic E-state index is 12.1. The normalized spacial score (nSPS) is 29.0. The van der Waals surface area contributed by atoms with Crippen molar-refractivity contribution < 1.29 is 14.4 Å². The maximum Gasteiger partial charge on any atom is 0.322 e. The first-order chi connectivity index (χ1) is 8.68. The second kappa shape index (κ2) is 3.66. The molecule has 1 aliphatic heterocycles. The number of nitrogens with one attached hydrogen (secondary N) is 2. The summed E-state index contributed by atoms with van der Waals surface area (Å²) in [7, 11) is 0. The zero-order valence-corrected chi connectivity index (χ0v) is 9.60. The Morgan fingerprint density at radius 1 is 1.33 bits per heavy atom. The Morgan fingerprint density at radius 2 is 2.11 bits per heavy atom. The van der Waals surface area contributed by atoms with Crippen molar-refractivity contribution in [3.63, 3.8) is 0 Å². The van der Waals surface area contributed by atoms with Gasteiger partial charge in [0.15, 0.2) is 0 Å². The van der Waals surface area contributed by atoms with Gasteiger partial charge < -0.3 is 10.1 Å². The molecule has 92 valence electrons. The van der Waals surface area contributed by atoms with Gasteiger partial charge in [0, 0.05) is 12.3 Å². The third-order valence-corrected chi connectivity index (χ3v) is 3.80. The van der Waals surface area contributed by atoms with Crippen molar-refractivity contribution in [1.29, 1.82) is 0 Å². The zero-order valence-electron chi connectivity index (χ0n) is 9.60. The number of amides is 3. The van der Waals surface area contributed by atoms with Gasteiger partial charge in [0.1, 0.15) is 11.8 Å². The van der Waals surface area contributed by atoms with Crippen molar-refractivity contribution in [2.75, 3.05) is 0 Å². The molecule has 2 N–H and O–H groups in total. The highest BCUT2D eigenvalue weighted by molar-refractivity contribution is 6.08. The lowest BCUT2D eigenvalue weighted by atomic mass is 9.82. The van der Waals surface area contributed by atoms with Gasteiger partial charge in [-0.2, -0.15) is 0 Å². The fraction of sp³-hybridized carbons (Fsp3) is 0.308. The first-order valence-corrected chi connectivity index (χ1v) is 5.84. The Morgan fingerprint density at radius 3 is 2.78 bits per heavy atom. The number of rotatable bonds is 2. The molecule has 1 aromatic rings. The summed E-state index contributed by atoms with van der Waals surface area (Å²) in [4.78, 5) is 34.4. The van der Waals surface area contributed by atoms with E-state index in [2.05, 4.69) is 10.6 Å². The van der Waals surface area contributed by atoms with Gasteiger partial charge in [-0.1, -0.05) is 24.3 Å². The summed E-state index contributed by atoms with van der Waals surface area (Å²) >= 11 is 0. The summed E-state index contributed by atoms with van der Waals surface area (Å²) in [5.74, 6) is -0.567. The van der Waals surface area contributed by atoms with Crippen LogP contribution in [0.15, 0.2) is 24.3 Å². The zero-order chi connectivity index (χ0) is 12.8. The summed E-state index contributed by atoms with van der Waals surface area (Å²) < 4.78 is 0. The molecule has 2 aliphatic rings. The molecule has 1 spiro atoms. The second-order valence-corrected chi connectivity index (χ2v) is 4.68. The van der Waals surface area contributed by atoms with Crippen LogP contribution in [0.1, 0.15) is 17.5 Å². The largest absolute Gasteiger partial charge is 0.322 e.